The molecule has 1 heterocycles. The van der Waals surface area contributed by atoms with Crippen molar-refractivity contribution in [3.63, 3.8) is 0 Å². The van der Waals surface area contributed by atoms with Gasteiger partial charge in [0.05, 0.1) is 18.8 Å². The molecule has 1 aromatic rings. The number of aliphatic hydroxyl groups is 1. The lowest BCUT2D eigenvalue weighted by Gasteiger charge is -2.28. The minimum absolute atomic E-state index is 0.00438. The fourth-order valence-electron chi connectivity index (χ4n) is 1.55. The lowest BCUT2D eigenvalue weighted by atomic mass is 10.1. The van der Waals surface area contributed by atoms with Gasteiger partial charge in [-0.15, -0.1) is 0 Å². The zero-order valence-corrected chi connectivity index (χ0v) is 7.73. The van der Waals surface area contributed by atoms with Gasteiger partial charge < -0.3 is 15.3 Å². The Kier molecular flexibility index (Phi) is 2.37. The van der Waals surface area contributed by atoms with E-state index in [1.807, 2.05) is 18.2 Å². The minimum atomic E-state index is -0.0200. The van der Waals surface area contributed by atoms with E-state index in [9.17, 15) is 4.79 Å². The summed E-state index contributed by atoms with van der Waals surface area (Å²) in [5.41, 5.74) is 1.54. The maximum Gasteiger partial charge on any atom is 0.257 e. The predicted molar refractivity (Wildman–Crippen MR) is 53.1 cm³/mol. The van der Waals surface area contributed by atoms with Gasteiger partial charge in [-0.3, -0.25) is 4.79 Å². The van der Waals surface area contributed by atoms with Gasteiger partial charge >= 0.3 is 0 Å². The van der Waals surface area contributed by atoms with E-state index in [2.05, 4.69) is 5.32 Å². The van der Waals surface area contributed by atoms with Crippen molar-refractivity contribution in [1.82, 2.24) is 4.90 Å². The number of para-hydroxylation sites is 1. The van der Waals surface area contributed by atoms with E-state index in [0.717, 1.165) is 5.69 Å². The highest BCUT2D eigenvalue weighted by Gasteiger charge is 2.22. The topological polar surface area (TPSA) is 52.6 Å². The summed E-state index contributed by atoms with van der Waals surface area (Å²) in [6.07, 6.45) is 0. The van der Waals surface area contributed by atoms with Crippen LogP contribution < -0.4 is 5.32 Å². The number of fused-ring (bicyclic) bond motifs is 1. The van der Waals surface area contributed by atoms with Crippen molar-refractivity contribution >= 4 is 11.6 Å². The average molecular weight is 192 g/mol. The lowest BCUT2D eigenvalue weighted by molar-refractivity contribution is 0.0725. The van der Waals surface area contributed by atoms with E-state index >= 15 is 0 Å². The van der Waals surface area contributed by atoms with Crippen molar-refractivity contribution in [2.75, 3.05) is 25.1 Å². The molecule has 1 aliphatic heterocycles. The third-order valence-corrected chi connectivity index (χ3v) is 2.27. The van der Waals surface area contributed by atoms with Crippen LogP contribution in [0.2, 0.25) is 0 Å². The van der Waals surface area contributed by atoms with Crippen LogP contribution in [0.15, 0.2) is 24.3 Å². The van der Waals surface area contributed by atoms with Crippen LogP contribution in [0.5, 0.6) is 0 Å². The maximum atomic E-state index is 11.8. The molecule has 0 saturated heterocycles. The zero-order chi connectivity index (χ0) is 9.97. The second-order valence-electron chi connectivity index (χ2n) is 3.17. The molecular formula is C10H12N2O2. The Labute approximate surface area is 82.2 Å². The second kappa shape index (κ2) is 3.67. The van der Waals surface area contributed by atoms with E-state index in [4.69, 9.17) is 5.11 Å². The summed E-state index contributed by atoms with van der Waals surface area (Å²) in [7, 11) is 0. The first-order chi connectivity index (χ1) is 6.83. The normalized spacial score (nSPS) is 14.9. The molecule has 0 fully saturated rings. The molecule has 0 radical (unpaired) electrons. The van der Waals surface area contributed by atoms with Crippen LogP contribution in [0.1, 0.15) is 10.4 Å². The number of carbonyl (C=O) groups is 1. The highest BCUT2D eigenvalue weighted by Crippen LogP contribution is 2.20. The number of anilines is 1. The van der Waals surface area contributed by atoms with Gasteiger partial charge in [-0.2, -0.15) is 0 Å². The minimum Gasteiger partial charge on any atom is -0.395 e. The van der Waals surface area contributed by atoms with Crippen molar-refractivity contribution in [3.05, 3.63) is 29.8 Å². The van der Waals surface area contributed by atoms with Crippen LogP contribution in [0.4, 0.5) is 5.69 Å². The molecule has 0 unspecified atom stereocenters. The molecule has 14 heavy (non-hydrogen) atoms. The number of amides is 1. The van der Waals surface area contributed by atoms with Gasteiger partial charge in [0.25, 0.3) is 5.91 Å². The molecule has 0 aliphatic carbocycles. The van der Waals surface area contributed by atoms with Crippen LogP contribution in [0.25, 0.3) is 0 Å². The quantitative estimate of drug-likeness (QED) is 0.717. The van der Waals surface area contributed by atoms with E-state index in [1.165, 1.54) is 0 Å². The van der Waals surface area contributed by atoms with Crippen LogP contribution in [-0.4, -0.2) is 35.7 Å². The van der Waals surface area contributed by atoms with E-state index in [1.54, 1.807) is 11.0 Å². The Hall–Kier alpha value is -1.55. The van der Waals surface area contributed by atoms with Crippen LogP contribution in [-0.2, 0) is 0 Å². The van der Waals surface area contributed by atoms with Crippen molar-refractivity contribution in [2.24, 2.45) is 0 Å². The molecule has 1 amide bonds. The van der Waals surface area contributed by atoms with Gasteiger partial charge in [0.15, 0.2) is 0 Å². The Morgan fingerprint density at radius 1 is 1.43 bits per heavy atom. The van der Waals surface area contributed by atoms with E-state index in [0.29, 0.717) is 18.8 Å². The number of hydrogen-bond donors (Lipinski definition) is 2. The van der Waals surface area contributed by atoms with Gasteiger partial charge in [0.1, 0.15) is 0 Å². The molecule has 4 heteroatoms. The summed E-state index contributed by atoms with van der Waals surface area (Å²) in [5.74, 6) is -0.0200. The Morgan fingerprint density at radius 3 is 3.00 bits per heavy atom. The van der Waals surface area contributed by atoms with Gasteiger partial charge in [-0.05, 0) is 12.1 Å². The molecular weight excluding hydrogens is 180 g/mol. The van der Waals surface area contributed by atoms with Crippen molar-refractivity contribution in [3.8, 4) is 0 Å². The first-order valence-corrected chi connectivity index (χ1v) is 4.56. The molecule has 4 nitrogen and oxygen atoms in total. The molecule has 2 rings (SSSR count). The van der Waals surface area contributed by atoms with Crippen molar-refractivity contribution in [1.29, 1.82) is 0 Å². The number of carbonyl (C=O) groups excluding carboxylic acids is 1. The molecule has 1 aromatic carbocycles. The van der Waals surface area contributed by atoms with E-state index in [-0.39, 0.29) is 12.5 Å². The molecule has 0 aromatic heterocycles. The number of hydrogen-bond acceptors (Lipinski definition) is 3. The monoisotopic (exact) mass is 192 g/mol. The first kappa shape index (κ1) is 9.02. The van der Waals surface area contributed by atoms with Gasteiger partial charge in [-0.25, -0.2) is 0 Å². The molecule has 2 N–H and O–H groups in total. The van der Waals surface area contributed by atoms with Gasteiger partial charge in [0, 0.05) is 12.2 Å². The Morgan fingerprint density at radius 2 is 2.21 bits per heavy atom. The predicted octanol–water partition coefficient (Wildman–Crippen LogP) is 0.504. The highest BCUT2D eigenvalue weighted by atomic mass is 16.3. The summed E-state index contributed by atoms with van der Waals surface area (Å²) in [4.78, 5) is 13.4. The molecule has 0 spiro atoms. The van der Waals surface area contributed by atoms with Crippen molar-refractivity contribution in [2.45, 2.75) is 0 Å². The summed E-state index contributed by atoms with van der Waals surface area (Å²) in [5, 5.41) is 11.9. The number of nitrogens with one attached hydrogen (secondary N) is 1. The van der Waals surface area contributed by atoms with Crippen LogP contribution in [0, 0.1) is 0 Å². The first-order valence-electron chi connectivity index (χ1n) is 4.56. The number of rotatable bonds is 2. The van der Waals surface area contributed by atoms with Crippen LogP contribution in [0.3, 0.4) is 0 Å². The second-order valence-corrected chi connectivity index (χ2v) is 3.17. The number of nitrogens with zero attached hydrogens (tertiary/aromatic N) is 1. The van der Waals surface area contributed by atoms with Gasteiger partial charge in [-0.1, -0.05) is 12.1 Å². The Balaban J connectivity index is 2.27. The maximum absolute atomic E-state index is 11.8. The third kappa shape index (κ3) is 1.44. The molecule has 0 bridgehead atoms. The SMILES string of the molecule is O=C1c2ccccc2NCN1CCO. The molecule has 74 valence electrons. The lowest BCUT2D eigenvalue weighted by Crippen LogP contribution is -2.41. The highest BCUT2D eigenvalue weighted by molar-refractivity contribution is 6.01. The smallest absolute Gasteiger partial charge is 0.257 e. The number of benzene rings is 1. The summed E-state index contributed by atoms with van der Waals surface area (Å²) in [6, 6.07) is 7.39. The third-order valence-electron chi connectivity index (χ3n) is 2.27. The van der Waals surface area contributed by atoms with Crippen molar-refractivity contribution < 1.29 is 9.90 Å². The summed E-state index contributed by atoms with van der Waals surface area (Å²) < 4.78 is 0. The standard InChI is InChI=1S/C10H12N2O2/c13-6-5-12-7-11-9-4-2-1-3-8(9)10(12)14/h1-4,11,13H,5-7H2. The fourth-order valence-corrected chi connectivity index (χ4v) is 1.55. The summed E-state index contributed by atoms with van der Waals surface area (Å²) >= 11 is 0. The van der Waals surface area contributed by atoms with Crippen LogP contribution >= 0.6 is 0 Å². The molecule has 1 aliphatic rings. The zero-order valence-electron chi connectivity index (χ0n) is 7.73. The largest absolute Gasteiger partial charge is 0.395 e. The summed E-state index contributed by atoms with van der Waals surface area (Å²) in [6.45, 7) is 0.839. The number of aliphatic hydroxyl groups excluding tert-OH is 1. The van der Waals surface area contributed by atoms with Gasteiger partial charge in [0.2, 0.25) is 0 Å². The Bertz CT molecular complexity index is 352. The van der Waals surface area contributed by atoms with E-state index < -0.39 is 0 Å². The molecule has 0 atom stereocenters. The molecule has 0 saturated carbocycles. The fraction of sp³-hybridized carbons (Fsp3) is 0.300. The average Bonchev–Trinajstić information content (AvgIpc) is 2.23. The number of β-amino-alcohol motifs (C(OH)–C–C–N with tert-alkyl or cyclic N) is 1.